The van der Waals surface area contributed by atoms with Crippen LogP contribution in [0, 0.1) is 11.6 Å². The van der Waals surface area contributed by atoms with Gasteiger partial charge in [0.05, 0.1) is 6.42 Å². The summed E-state index contributed by atoms with van der Waals surface area (Å²) >= 11 is 5.70. The predicted molar refractivity (Wildman–Crippen MR) is 70.1 cm³/mol. The number of rotatable bonds is 5. The Bertz CT molecular complexity index is 463. The molecule has 0 aliphatic heterocycles. The SMILES string of the molecule is O=C(Cc1cccc(F)c1F)N(CCCl)C1CCC1. The average Bonchev–Trinajstić information content (AvgIpc) is 2.32. The summed E-state index contributed by atoms with van der Waals surface area (Å²) in [4.78, 5) is 13.9. The van der Waals surface area contributed by atoms with Gasteiger partial charge in [0.15, 0.2) is 11.6 Å². The number of alkyl halides is 1. The molecule has 0 bridgehead atoms. The van der Waals surface area contributed by atoms with Crippen LogP contribution < -0.4 is 0 Å². The van der Waals surface area contributed by atoms with Crippen molar-refractivity contribution in [2.75, 3.05) is 12.4 Å². The minimum atomic E-state index is -0.935. The Kier molecular flexibility index (Phi) is 4.75. The van der Waals surface area contributed by atoms with Crippen LogP contribution in [-0.2, 0) is 11.2 Å². The molecule has 2 nitrogen and oxygen atoms in total. The molecule has 5 heteroatoms. The van der Waals surface area contributed by atoms with E-state index in [0.717, 1.165) is 25.3 Å². The predicted octanol–water partition coefficient (Wildman–Crippen LogP) is 3.13. The summed E-state index contributed by atoms with van der Waals surface area (Å²) in [5.74, 6) is -1.68. The van der Waals surface area contributed by atoms with Crippen molar-refractivity contribution in [3.05, 3.63) is 35.4 Å². The molecule has 1 aromatic rings. The van der Waals surface area contributed by atoms with Gasteiger partial charge in [0.2, 0.25) is 5.91 Å². The Labute approximate surface area is 116 Å². The topological polar surface area (TPSA) is 20.3 Å². The first-order valence-corrected chi connectivity index (χ1v) is 6.95. The van der Waals surface area contributed by atoms with Gasteiger partial charge in [-0.2, -0.15) is 0 Å². The molecule has 1 aliphatic rings. The Morgan fingerprint density at radius 1 is 1.37 bits per heavy atom. The van der Waals surface area contributed by atoms with Crippen molar-refractivity contribution >= 4 is 17.5 Å². The van der Waals surface area contributed by atoms with E-state index in [0.29, 0.717) is 12.4 Å². The van der Waals surface area contributed by atoms with E-state index >= 15 is 0 Å². The zero-order chi connectivity index (χ0) is 13.8. The normalized spacial score (nSPS) is 15.1. The van der Waals surface area contributed by atoms with Crippen molar-refractivity contribution in [1.82, 2.24) is 4.90 Å². The first kappa shape index (κ1) is 14.3. The summed E-state index contributed by atoms with van der Waals surface area (Å²) in [5, 5.41) is 0. The van der Waals surface area contributed by atoms with E-state index in [9.17, 15) is 13.6 Å². The van der Waals surface area contributed by atoms with Crippen molar-refractivity contribution < 1.29 is 13.6 Å². The summed E-state index contributed by atoms with van der Waals surface area (Å²) in [5.41, 5.74) is 0.101. The highest BCUT2D eigenvalue weighted by Crippen LogP contribution is 2.25. The van der Waals surface area contributed by atoms with Gasteiger partial charge < -0.3 is 4.90 Å². The standard InChI is InChI=1S/C14H16ClF2NO/c15-7-8-18(11-4-2-5-11)13(19)9-10-3-1-6-12(16)14(10)17/h1,3,6,11H,2,4-5,7-9H2. The van der Waals surface area contributed by atoms with Gasteiger partial charge in [0.25, 0.3) is 0 Å². The fourth-order valence-corrected chi connectivity index (χ4v) is 2.43. The van der Waals surface area contributed by atoms with Crippen LogP contribution in [0.25, 0.3) is 0 Å². The van der Waals surface area contributed by atoms with Gasteiger partial charge in [-0.05, 0) is 25.3 Å². The molecule has 2 rings (SSSR count). The summed E-state index contributed by atoms with van der Waals surface area (Å²) < 4.78 is 26.6. The molecule has 0 atom stereocenters. The van der Waals surface area contributed by atoms with E-state index in [1.807, 2.05) is 0 Å². The van der Waals surface area contributed by atoms with E-state index in [4.69, 9.17) is 11.6 Å². The highest BCUT2D eigenvalue weighted by Gasteiger charge is 2.28. The van der Waals surface area contributed by atoms with Crippen LogP contribution in [-0.4, -0.2) is 29.3 Å². The second-order valence-electron chi connectivity index (χ2n) is 4.75. The second kappa shape index (κ2) is 6.33. The van der Waals surface area contributed by atoms with Gasteiger partial charge in [0, 0.05) is 24.0 Å². The van der Waals surface area contributed by atoms with Crippen LogP contribution in [0.2, 0.25) is 0 Å². The zero-order valence-corrected chi connectivity index (χ0v) is 11.3. The molecule has 0 aromatic heterocycles. The molecular formula is C14H16ClF2NO. The molecular weight excluding hydrogens is 272 g/mol. The first-order valence-electron chi connectivity index (χ1n) is 6.42. The van der Waals surface area contributed by atoms with Crippen molar-refractivity contribution in [1.29, 1.82) is 0 Å². The average molecular weight is 288 g/mol. The van der Waals surface area contributed by atoms with Gasteiger partial charge >= 0.3 is 0 Å². The Balaban J connectivity index is 2.07. The molecule has 0 radical (unpaired) electrons. The molecule has 1 amide bonds. The van der Waals surface area contributed by atoms with Crippen molar-refractivity contribution in [2.45, 2.75) is 31.7 Å². The van der Waals surface area contributed by atoms with Crippen LogP contribution in [0.1, 0.15) is 24.8 Å². The van der Waals surface area contributed by atoms with Crippen LogP contribution in [0.4, 0.5) is 8.78 Å². The highest BCUT2D eigenvalue weighted by molar-refractivity contribution is 6.18. The van der Waals surface area contributed by atoms with Crippen molar-refractivity contribution in [3.8, 4) is 0 Å². The smallest absolute Gasteiger partial charge is 0.227 e. The Hall–Kier alpha value is -1.16. The fraction of sp³-hybridized carbons (Fsp3) is 0.500. The number of hydrogen-bond acceptors (Lipinski definition) is 1. The van der Waals surface area contributed by atoms with Crippen LogP contribution in [0.15, 0.2) is 18.2 Å². The maximum absolute atomic E-state index is 13.5. The van der Waals surface area contributed by atoms with Crippen LogP contribution >= 0.6 is 11.6 Å². The largest absolute Gasteiger partial charge is 0.338 e. The number of nitrogens with zero attached hydrogens (tertiary/aromatic N) is 1. The lowest BCUT2D eigenvalue weighted by atomic mass is 9.91. The third kappa shape index (κ3) is 3.24. The molecule has 0 saturated heterocycles. The molecule has 1 aliphatic carbocycles. The lowest BCUT2D eigenvalue weighted by Gasteiger charge is -2.37. The van der Waals surface area contributed by atoms with Crippen LogP contribution in [0.3, 0.4) is 0 Å². The maximum Gasteiger partial charge on any atom is 0.227 e. The summed E-state index contributed by atoms with van der Waals surface area (Å²) in [6, 6.07) is 4.11. The zero-order valence-electron chi connectivity index (χ0n) is 10.5. The summed E-state index contributed by atoms with van der Waals surface area (Å²) in [7, 11) is 0. The van der Waals surface area contributed by atoms with Crippen molar-refractivity contribution in [2.24, 2.45) is 0 Å². The maximum atomic E-state index is 13.5. The van der Waals surface area contributed by atoms with Gasteiger partial charge in [0.1, 0.15) is 0 Å². The van der Waals surface area contributed by atoms with E-state index in [-0.39, 0.29) is 23.9 Å². The van der Waals surface area contributed by atoms with E-state index < -0.39 is 11.6 Å². The molecule has 0 N–H and O–H groups in total. The molecule has 104 valence electrons. The minimum Gasteiger partial charge on any atom is -0.338 e. The van der Waals surface area contributed by atoms with Gasteiger partial charge in [-0.15, -0.1) is 11.6 Å². The molecule has 0 heterocycles. The lowest BCUT2D eigenvalue weighted by molar-refractivity contribution is -0.134. The Morgan fingerprint density at radius 3 is 2.68 bits per heavy atom. The lowest BCUT2D eigenvalue weighted by Crippen LogP contribution is -2.46. The number of amides is 1. The third-order valence-corrected chi connectivity index (χ3v) is 3.70. The van der Waals surface area contributed by atoms with Crippen LogP contribution in [0.5, 0.6) is 0 Å². The molecule has 1 saturated carbocycles. The second-order valence-corrected chi connectivity index (χ2v) is 5.13. The number of carbonyl (C=O) groups is 1. The number of carbonyl (C=O) groups excluding carboxylic acids is 1. The number of benzene rings is 1. The van der Waals surface area contributed by atoms with Gasteiger partial charge in [-0.3, -0.25) is 4.79 Å². The number of hydrogen-bond donors (Lipinski definition) is 0. The molecule has 1 aromatic carbocycles. The van der Waals surface area contributed by atoms with E-state index in [2.05, 4.69) is 0 Å². The van der Waals surface area contributed by atoms with Gasteiger partial charge in [-0.1, -0.05) is 12.1 Å². The van der Waals surface area contributed by atoms with Gasteiger partial charge in [-0.25, -0.2) is 8.78 Å². The molecule has 1 fully saturated rings. The van der Waals surface area contributed by atoms with E-state index in [1.165, 1.54) is 12.1 Å². The minimum absolute atomic E-state index is 0.101. The van der Waals surface area contributed by atoms with Crippen molar-refractivity contribution in [3.63, 3.8) is 0 Å². The molecule has 19 heavy (non-hydrogen) atoms. The molecule has 0 spiro atoms. The third-order valence-electron chi connectivity index (χ3n) is 3.53. The molecule has 0 unspecified atom stereocenters. The first-order chi connectivity index (χ1) is 9.13. The number of halogens is 3. The summed E-state index contributed by atoms with van der Waals surface area (Å²) in [6.07, 6.45) is 2.92. The quantitative estimate of drug-likeness (QED) is 0.762. The van der Waals surface area contributed by atoms with E-state index in [1.54, 1.807) is 4.90 Å². The monoisotopic (exact) mass is 287 g/mol. The summed E-state index contributed by atoms with van der Waals surface area (Å²) in [6.45, 7) is 0.460. The Morgan fingerprint density at radius 2 is 2.11 bits per heavy atom. The highest BCUT2D eigenvalue weighted by atomic mass is 35.5. The fourth-order valence-electron chi connectivity index (χ4n) is 2.25.